The molecule has 2 amide bonds. The number of nitrogens with two attached hydrogens (primary N) is 1. The van der Waals surface area contributed by atoms with Gasteiger partial charge in [-0.2, -0.15) is 0 Å². The molecule has 1 aliphatic rings. The molecule has 0 aliphatic carbocycles. The molecule has 0 saturated carbocycles. The van der Waals surface area contributed by atoms with Gasteiger partial charge in [-0.15, -0.1) is 0 Å². The van der Waals surface area contributed by atoms with Crippen molar-refractivity contribution in [1.29, 1.82) is 0 Å². The third kappa shape index (κ3) is 4.57. The molecule has 134 valence electrons. The predicted octanol–water partition coefficient (Wildman–Crippen LogP) is 0.727. The fourth-order valence-electron chi connectivity index (χ4n) is 3.39. The van der Waals surface area contributed by atoms with E-state index in [1.165, 1.54) is 0 Å². The van der Waals surface area contributed by atoms with Crippen LogP contribution in [0.4, 0.5) is 0 Å². The van der Waals surface area contributed by atoms with Gasteiger partial charge in [0, 0.05) is 19.6 Å². The minimum absolute atomic E-state index is 0.000882. The maximum atomic E-state index is 12.1. The molecule has 1 saturated heterocycles. The van der Waals surface area contributed by atoms with Crippen molar-refractivity contribution in [2.75, 3.05) is 26.2 Å². The second kappa shape index (κ2) is 7.65. The molecule has 2 heterocycles. The molecule has 3 rings (SSSR count). The van der Waals surface area contributed by atoms with Crippen molar-refractivity contribution in [2.24, 2.45) is 11.7 Å². The minimum Gasteiger partial charge on any atom is -0.369 e. The van der Waals surface area contributed by atoms with Crippen LogP contribution in [0.1, 0.15) is 24.2 Å². The van der Waals surface area contributed by atoms with Crippen molar-refractivity contribution >= 4 is 22.8 Å². The summed E-state index contributed by atoms with van der Waals surface area (Å²) in [6.07, 6.45) is 2.19. The van der Waals surface area contributed by atoms with Crippen LogP contribution >= 0.6 is 0 Å². The lowest BCUT2D eigenvalue weighted by molar-refractivity contribution is -0.124. The molecule has 0 radical (unpaired) electrons. The quantitative estimate of drug-likeness (QED) is 0.719. The summed E-state index contributed by atoms with van der Waals surface area (Å²) < 4.78 is 0. The van der Waals surface area contributed by atoms with Crippen LogP contribution in [0.2, 0.25) is 0 Å². The number of imidazole rings is 1. The zero-order chi connectivity index (χ0) is 17.8. The molecule has 7 nitrogen and oxygen atoms in total. The van der Waals surface area contributed by atoms with Crippen LogP contribution in [0.25, 0.3) is 11.0 Å². The number of hydrogen-bond donors (Lipinski definition) is 3. The van der Waals surface area contributed by atoms with E-state index >= 15 is 0 Å². The van der Waals surface area contributed by atoms with Gasteiger partial charge in [-0.3, -0.25) is 9.59 Å². The second-order valence-corrected chi connectivity index (χ2v) is 6.74. The van der Waals surface area contributed by atoms with E-state index in [9.17, 15) is 9.59 Å². The fourth-order valence-corrected chi connectivity index (χ4v) is 3.39. The summed E-state index contributed by atoms with van der Waals surface area (Å²) in [6.45, 7) is 4.89. The van der Waals surface area contributed by atoms with Gasteiger partial charge in [-0.1, -0.05) is 6.07 Å². The first kappa shape index (κ1) is 17.4. The van der Waals surface area contributed by atoms with E-state index in [-0.39, 0.29) is 17.7 Å². The van der Waals surface area contributed by atoms with E-state index in [0.29, 0.717) is 19.5 Å². The Labute approximate surface area is 147 Å². The number of benzene rings is 1. The number of aromatic amines is 1. The number of nitrogens with one attached hydrogen (secondary N) is 2. The van der Waals surface area contributed by atoms with Crippen LogP contribution < -0.4 is 11.1 Å². The third-order valence-electron chi connectivity index (χ3n) is 4.69. The van der Waals surface area contributed by atoms with Gasteiger partial charge in [0.25, 0.3) is 0 Å². The summed E-state index contributed by atoms with van der Waals surface area (Å²) >= 11 is 0. The average Bonchev–Trinajstić information content (AvgIpc) is 2.94. The summed E-state index contributed by atoms with van der Waals surface area (Å²) in [5, 5.41) is 2.95. The summed E-state index contributed by atoms with van der Waals surface area (Å²) in [4.78, 5) is 33.2. The molecular formula is C18H25N5O2. The Balaban J connectivity index is 1.45. The first-order valence-corrected chi connectivity index (χ1v) is 8.75. The summed E-state index contributed by atoms with van der Waals surface area (Å²) in [7, 11) is 0. The van der Waals surface area contributed by atoms with E-state index in [4.69, 9.17) is 5.73 Å². The van der Waals surface area contributed by atoms with Gasteiger partial charge in [0.1, 0.15) is 5.82 Å². The molecule has 25 heavy (non-hydrogen) atoms. The Bertz CT molecular complexity index is 770. The number of amides is 2. The molecule has 0 spiro atoms. The first-order valence-electron chi connectivity index (χ1n) is 8.75. The van der Waals surface area contributed by atoms with E-state index in [0.717, 1.165) is 48.4 Å². The van der Waals surface area contributed by atoms with Crippen LogP contribution in [-0.2, 0) is 16.0 Å². The van der Waals surface area contributed by atoms with Crippen molar-refractivity contribution in [3.8, 4) is 0 Å². The normalized spacial score (nSPS) is 18.4. The maximum absolute atomic E-state index is 12.1. The first-order chi connectivity index (χ1) is 12.0. The van der Waals surface area contributed by atoms with Crippen molar-refractivity contribution in [3.63, 3.8) is 0 Å². The van der Waals surface area contributed by atoms with Crippen LogP contribution in [0.15, 0.2) is 18.2 Å². The summed E-state index contributed by atoms with van der Waals surface area (Å²) in [5.41, 5.74) is 8.21. The Morgan fingerprint density at radius 1 is 1.44 bits per heavy atom. The number of aryl methyl sites for hydroxylation is 1. The van der Waals surface area contributed by atoms with Crippen molar-refractivity contribution in [2.45, 2.75) is 26.2 Å². The van der Waals surface area contributed by atoms with Crippen LogP contribution in [0.3, 0.4) is 0 Å². The molecule has 1 aromatic heterocycles. The Morgan fingerprint density at radius 2 is 2.28 bits per heavy atom. The van der Waals surface area contributed by atoms with Crippen molar-refractivity contribution in [3.05, 3.63) is 29.6 Å². The number of aromatic nitrogens is 2. The molecule has 0 unspecified atom stereocenters. The average molecular weight is 343 g/mol. The number of carbonyl (C=O) groups is 2. The molecule has 0 bridgehead atoms. The fraction of sp³-hybridized carbons (Fsp3) is 0.500. The second-order valence-electron chi connectivity index (χ2n) is 6.74. The van der Waals surface area contributed by atoms with Gasteiger partial charge in [0.15, 0.2) is 0 Å². The lowest BCUT2D eigenvalue weighted by Crippen LogP contribution is -2.44. The van der Waals surface area contributed by atoms with E-state index in [2.05, 4.69) is 20.2 Å². The highest BCUT2D eigenvalue weighted by molar-refractivity contribution is 5.81. The summed E-state index contributed by atoms with van der Waals surface area (Å²) in [5.74, 6) is 0.582. The van der Waals surface area contributed by atoms with Gasteiger partial charge < -0.3 is 20.9 Å². The lowest BCUT2D eigenvalue weighted by atomic mass is 9.97. The number of likely N-dealkylation sites (tertiary alicyclic amines) is 1. The van der Waals surface area contributed by atoms with Crippen molar-refractivity contribution in [1.82, 2.24) is 20.2 Å². The number of fused-ring (bicyclic) bond motifs is 1. The van der Waals surface area contributed by atoms with Crippen LogP contribution in [0, 0.1) is 12.8 Å². The Morgan fingerprint density at radius 3 is 3.08 bits per heavy atom. The number of nitrogens with zero attached hydrogens (tertiary/aromatic N) is 2. The van der Waals surface area contributed by atoms with Crippen LogP contribution in [0.5, 0.6) is 0 Å². The minimum atomic E-state index is -0.224. The molecule has 1 aromatic carbocycles. The van der Waals surface area contributed by atoms with Gasteiger partial charge in [0.05, 0.1) is 23.4 Å². The van der Waals surface area contributed by atoms with E-state index < -0.39 is 0 Å². The number of piperidine rings is 1. The highest BCUT2D eigenvalue weighted by atomic mass is 16.2. The van der Waals surface area contributed by atoms with E-state index in [1.807, 2.05) is 25.1 Å². The third-order valence-corrected chi connectivity index (χ3v) is 4.69. The molecule has 2 aromatic rings. The smallest absolute Gasteiger partial charge is 0.224 e. The Hall–Kier alpha value is -2.41. The van der Waals surface area contributed by atoms with E-state index in [1.54, 1.807) is 0 Å². The molecule has 4 N–H and O–H groups in total. The highest BCUT2D eigenvalue weighted by Gasteiger charge is 2.23. The number of carbonyl (C=O) groups excluding carboxylic acids is 2. The number of H-pyrrole nitrogens is 1. The topological polar surface area (TPSA) is 104 Å². The maximum Gasteiger partial charge on any atom is 0.224 e. The zero-order valence-electron chi connectivity index (χ0n) is 14.5. The predicted molar refractivity (Wildman–Crippen MR) is 95.9 cm³/mol. The Kier molecular flexibility index (Phi) is 5.33. The largest absolute Gasteiger partial charge is 0.369 e. The SMILES string of the molecule is Cc1nc2ccc(CC(=O)NCCN3CCC[C@@H](C(N)=O)C3)cc2[nH]1. The van der Waals surface area contributed by atoms with Gasteiger partial charge in [0.2, 0.25) is 11.8 Å². The summed E-state index contributed by atoms with van der Waals surface area (Å²) in [6, 6.07) is 5.83. The lowest BCUT2D eigenvalue weighted by Gasteiger charge is -2.31. The monoisotopic (exact) mass is 343 g/mol. The van der Waals surface area contributed by atoms with Crippen LogP contribution in [-0.4, -0.2) is 52.9 Å². The molecular weight excluding hydrogens is 318 g/mol. The number of primary amides is 1. The van der Waals surface area contributed by atoms with Gasteiger partial charge in [-0.25, -0.2) is 4.98 Å². The zero-order valence-corrected chi connectivity index (χ0v) is 14.5. The standard InChI is InChI=1S/C18H25N5O2/c1-12-21-15-5-4-13(9-16(15)22-12)10-17(24)20-6-8-23-7-2-3-14(11-23)18(19)25/h4-5,9,14H,2-3,6-8,10-11H2,1H3,(H2,19,25)(H,20,24)(H,21,22)/t14-/m1/s1. The number of hydrogen-bond acceptors (Lipinski definition) is 4. The van der Waals surface area contributed by atoms with Gasteiger partial charge >= 0.3 is 0 Å². The van der Waals surface area contributed by atoms with Crippen molar-refractivity contribution < 1.29 is 9.59 Å². The number of rotatable bonds is 6. The molecule has 1 fully saturated rings. The molecule has 7 heteroatoms. The molecule has 1 aliphatic heterocycles. The molecule has 1 atom stereocenters. The van der Waals surface area contributed by atoms with Gasteiger partial charge in [-0.05, 0) is 44.0 Å². The highest BCUT2D eigenvalue weighted by Crippen LogP contribution is 2.15.